The van der Waals surface area contributed by atoms with Crippen LogP contribution < -0.4 is 0 Å². The average Bonchev–Trinajstić information content (AvgIpc) is 2.55. The molecule has 0 saturated heterocycles. The van der Waals surface area contributed by atoms with Gasteiger partial charge in [0.05, 0.1) is 0 Å². The summed E-state index contributed by atoms with van der Waals surface area (Å²) in [7, 11) is 0. The SMILES string of the molecule is C#Cc1cc(CCCCCC)cc(C#C)c1CCCCCC. The summed E-state index contributed by atoms with van der Waals surface area (Å²) >= 11 is 0. The molecule has 0 atom stereocenters. The van der Waals surface area contributed by atoms with Gasteiger partial charge in [0.25, 0.3) is 0 Å². The summed E-state index contributed by atoms with van der Waals surface area (Å²) in [5.74, 6) is 5.72. The summed E-state index contributed by atoms with van der Waals surface area (Å²) in [4.78, 5) is 0. The summed E-state index contributed by atoms with van der Waals surface area (Å²) in [6.07, 6.45) is 23.6. The van der Waals surface area contributed by atoms with Gasteiger partial charge in [-0.25, -0.2) is 0 Å². The molecular weight excluding hydrogens is 264 g/mol. The highest BCUT2D eigenvalue weighted by Gasteiger charge is 2.08. The van der Waals surface area contributed by atoms with Crippen LogP contribution in [-0.2, 0) is 12.8 Å². The molecule has 0 heteroatoms. The van der Waals surface area contributed by atoms with Gasteiger partial charge in [-0.3, -0.25) is 0 Å². The molecule has 0 radical (unpaired) electrons. The molecule has 0 aliphatic carbocycles. The van der Waals surface area contributed by atoms with E-state index in [4.69, 9.17) is 12.8 Å². The highest BCUT2D eigenvalue weighted by molar-refractivity contribution is 5.53. The minimum Gasteiger partial charge on any atom is -0.115 e. The number of rotatable bonds is 10. The van der Waals surface area contributed by atoms with Gasteiger partial charge in [0.2, 0.25) is 0 Å². The highest BCUT2D eigenvalue weighted by atomic mass is 14.1. The van der Waals surface area contributed by atoms with Gasteiger partial charge in [-0.1, -0.05) is 64.2 Å². The van der Waals surface area contributed by atoms with Gasteiger partial charge in [-0.15, -0.1) is 12.8 Å². The average molecular weight is 294 g/mol. The van der Waals surface area contributed by atoms with Crippen molar-refractivity contribution in [1.29, 1.82) is 0 Å². The molecule has 22 heavy (non-hydrogen) atoms. The molecule has 1 aromatic carbocycles. The molecule has 0 fully saturated rings. The van der Waals surface area contributed by atoms with E-state index in [1.54, 1.807) is 0 Å². The normalized spacial score (nSPS) is 10.2. The van der Waals surface area contributed by atoms with E-state index in [1.807, 2.05) is 0 Å². The molecular formula is C22H30. The van der Waals surface area contributed by atoms with Crippen LogP contribution in [0.25, 0.3) is 0 Å². The molecule has 0 amide bonds. The number of hydrogen-bond donors (Lipinski definition) is 0. The van der Waals surface area contributed by atoms with Gasteiger partial charge in [-0.05, 0) is 48.9 Å². The van der Waals surface area contributed by atoms with E-state index >= 15 is 0 Å². The minimum atomic E-state index is 1.01. The lowest BCUT2D eigenvalue weighted by Gasteiger charge is -2.11. The van der Waals surface area contributed by atoms with Crippen molar-refractivity contribution < 1.29 is 0 Å². The van der Waals surface area contributed by atoms with Crippen molar-refractivity contribution in [3.05, 3.63) is 34.4 Å². The standard InChI is InChI=1S/C22H30/c1-5-9-11-13-15-19-17-20(7-3)22(21(8-4)18-19)16-14-12-10-6-2/h3-4,17-18H,5-6,9-16H2,1-2H3. The molecule has 0 saturated carbocycles. The first-order valence-electron chi connectivity index (χ1n) is 8.85. The van der Waals surface area contributed by atoms with E-state index in [0.717, 1.165) is 24.0 Å². The van der Waals surface area contributed by atoms with Crippen LogP contribution in [0.2, 0.25) is 0 Å². The molecule has 118 valence electrons. The van der Waals surface area contributed by atoms with Crippen LogP contribution in [0.15, 0.2) is 12.1 Å². The lowest BCUT2D eigenvalue weighted by Crippen LogP contribution is -1.99. The zero-order valence-corrected chi connectivity index (χ0v) is 14.4. The third kappa shape index (κ3) is 5.99. The first-order valence-corrected chi connectivity index (χ1v) is 8.85. The van der Waals surface area contributed by atoms with E-state index < -0.39 is 0 Å². The molecule has 1 rings (SSSR count). The second kappa shape index (κ2) is 11.0. The quantitative estimate of drug-likeness (QED) is 0.372. The van der Waals surface area contributed by atoms with Crippen molar-refractivity contribution in [3.8, 4) is 24.7 Å². The molecule has 0 unspecified atom stereocenters. The predicted octanol–water partition coefficient (Wildman–Crippen LogP) is 5.89. The van der Waals surface area contributed by atoms with Crippen molar-refractivity contribution in [2.24, 2.45) is 0 Å². The topological polar surface area (TPSA) is 0 Å². The maximum atomic E-state index is 5.73. The van der Waals surface area contributed by atoms with E-state index in [-0.39, 0.29) is 0 Å². The molecule has 0 nitrogen and oxygen atoms in total. The predicted molar refractivity (Wildman–Crippen MR) is 98.0 cm³/mol. The van der Waals surface area contributed by atoms with Crippen molar-refractivity contribution in [3.63, 3.8) is 0 Å². The second-order valence-corrected chi connectivity index (χ2v) is 6.08. The fourth-order valence-electron chi connectivity index (χ4n) is 2.89. The van der Waals surface area contributed by atoms with Crippen molar-refractivity contribution in [1.82, 2.24) is 0 Å². The Morgan fingerprint density at radius 3 is 1.68 bits per heavy atom. The fraction of sp³-hybridized carbons (Fsp3) is 0.545. The van der Waals surface area contributed by atoms with Crippen LogP contribution in [-0.4, -0.2) is 0 Å². The summed E-state index contributed by atoms with van der Waals surface area (Å²) in [6, 6.07) is 4.36. The Balaban J connectivity index is 2.80. The number of aryl methyl sites for hydroxylation is 1. The highest BCUT2D eigenvalue weighted by Crippen LogP contribution is 2.21. The number of benzene rings is 1. The maximum absolute atomic E-state index is 5.73. The van der Waals surface area contributed by atoms with Crippen LogP contribution in [0.3, 0.4) is 0 Å². The Morgan fingerprint density at radius 1 is 0.727 bits per heavy atom. The molecule has 0 N–H and O–H groups in total. The fourth-order valence-corrected chi connectivity index (χ4v) is 2.89. The van der Waals surface area contributed by atoms with Crippen LogP contribution >= 0.6 is 0 Å². The number of hydrogen-bond acceptors (Lipinski definition) is 0. The van der Waals surface area contributed by atoms with E-state index in [9.17, 15) is 0 Å². The Bertz CT molecular complexity index is 487. The molecule has 0 aliphatic rings. The third-order valence-corrected chi connectivity index (χ3v) is 4.22. The Hall–Kier alpha value is -1.66. The summed E-state index contributed by atoms with van der Waals surface area (Å²) in [5, 5.41) is 0. The molecule has 0 aromatic heterocycles. The van der Waals surface area contributed by atoms with Gasteiger partial charge in [0.1, 0.15) is 0 Å². The smallest absolute Gasteiger partial charge is 0.0289 e. The zero-order chi connectivity index (χ0) is 16.2. The van der Waals surface area contributed by atoms with Crippen LogP contribution in [0.4, 0.5) is 0 Å². The van der Waals surface area contributed by atoms with E-state index in [0.29, 0.717) is 0 Å². The van der Waals surface area contributed by atoms with Crippen LogP contribution in [0.5, 0.6) is 0 Å². The maximum Gasteiger partial charge on any atom is 0.0289 e. The van der Waals surface area contributed by atoms with Crippen molar-refractivity contribution in [2.75, 3.05) is 0 Å². The van der Waals surface area contributed by atoms with Gasteiger partial charge in [-0.2, -0.15) is 0 Å². The van der Waals surface area contributed by atoms with Crippen molar-refractivity contribution in [2.45, 2.75) is 78.1 Å². The van der Waals surface area contributed by atoms with Gasteiger partial charge >= 0.3 is 0 Å². The largest absolute Gasteiger partial charge is 0.115 e. The molecule has 0 heterocycles. The lowest BCUT2D eigenvalue weighted by atomic mass is 9.92. The molecule has 0 aliphatic heterocycles. The van der Waals surface area contributed by atoms with Crippen LogP contribution in [0, 0.1) is 24.7 Å². The van der Waals surface area contributed by atoms with Gasteiger partial charge in [0, 0.05) is 11.1 Å². The Morgan fingerprint density at radius 2 is 1.23 bits per heavy atom. The molecule has 0 bridgehead atoms. The van der Waals surface area contributed by atoms with Crippen LogP contribution in [0.1, 0.15) is 87.5 Å². The Labute approximate surface area is 137 Å². The minimum absolute atomic E-state index is 1.01. The number of terminal acetylenes is 2. The van der Waals surface area contributed by atoms with Crippen molar-refractivity contribution >= 4 is 0 Å². The monoisotopic (exact) mass is 294 g/mol. The molecule has 1 aromatic rings. The summed E-state index contributed by atoms with van der Waals surface area (Å²) < 4.78 is 0. The van der Waals surface area contributed by atoms with E-state index in [2.05, 4.69) is 37.8 Å². The third-order valence-electron chi connectivity index (χ3n) is 4.22. The first kappa shape index (κ1) is 18.4. The summed E-state index contributed by atoms with van der Waals surface area (Å²) in [6.45, 7) is 4.47. The zero-order valence-electron chi connectivity index (χ0n) is 14.4. The number of unbranched alkanes of at least 4 members (excludes halogenated alkanes) is 6. The van der Waals surface area contributed by atoms with Gasteiger partial charge < -0.3 is 0 Å². The van der Waals surface area contributed by atoms with E-state index in [1.165, 1.54) is 62.5 Å². The second-order valence-electron chi connectivity index (χ2n) is 6.08. The molecule has 0 spiro atoms. The lowest BCUT2D eigenvalue weighted by molar-refractivity contribution is 0.662. The first-order chi connectivity index (χ1) is 10.8. The van der Waals surface area contributed by atoms with Gasteiger partial charge in [0.15, 0.2) is 0 Å². The summed E-state index contributed by atoms with van der Waals surface area (Å²) in [5.41, 5.74) is 4.53. The Kier molecular flexibility index (Phi) is 9.18.